The predicted molar refractivity (Wildman–Crippen MR) is 110 cm³/mol. The number of carbonyl (C=O) groups is 2. The second-order valence-corrected chi connectivity index (χ2v) is 7.98. The van der Waals surface area contributed by atoms with Gasteiger partial charge in [-0.2, -0.15) is 0 Å². The minimum Gasteiger partial charge on any atom is -0.463 e. The zero-order valence-electron chi connectivity index (χ0n) is 14.5. The van der Waals surface area contributed by atoms with Crippen LogP contribution in [0.4, 0.5) is 10.8 Å². The Bertz CT molecular complexity index is 970. The van der Waals surface area contributed by atoms with Crippen molar-refractivity contribution in [2.75, 3.05) is 16.6 Å². The number of sulfonamides is 1. The van der Waals surface area contributed by atoms with E-state index in [1.807, 2.05) is 0 Å². The molecule has 0 atom stereocenters. The van der Waals surface area contributed by atoms with E-state index in [0.717, 1.165) is 23.5 Å². The Morgan fingerprint density at radius 2 is 1.96 bits per heavy atom. The lowest BCUT2D eigenvalue weighted by molar-refractivity contribution is -0.137. The molecule has 2 aromatic rings. The molecule has 9 nitrogen and oxygen atoms in total. The van der Waals surface area contributed by atoms with E-state index >= 15 is 0 Å². The van der Waals surface area contributed by atoms with Crippen LogP contribution in [-0.2, 0) is 24.3 Å². The van der Waals surface area contributed by atoms with Crippen molar-refractivity contribution in [3.05, 3.63) is 48.0 Å². The molecule has 0 aliphatic heterocycles. The number of nitrogens with one attached hydrogen (secondary N) is 3. The summed E-state index contributed by atoms with van der Waals surface area (Å²) in [7, 11) is -3.75. The van der Waals surface area contributed by atoms with E-state index in [-0.39, 0.29) is 21.7 Å². The summed E-state index contributed by atoms with van der Waals surface area (Å²) >= 11 is 6.16. The molecule has 148 valence electrons. The molecule has 0 aliphatic carbocycles. The van der Waals surface area contributed by atoms with Crippen LogP contribution in [0.5, 0.6) is 0 Å². The van der Waals surface area contributed by atoms with Gasteiger partial charge in [0.25, 0.3) is 10.0 Å². The lowest BCUT2D eigenvalue weighted by Crippen LogP contribution is -2.33. The van der Waals surface area contributed by atoms with Gasteiger partial charge in [0, 0.05) is 29.4 Å². The number of esters is 1. The average Bonchev–Trinajstić information content (AvgIpc) is 3.13. The Morgan fingerprint density at radius 3 is 2.57 bits per heavy atom. The van der Waals surface area contributed by atoms with Crippen molar-refractivity contribution >= 4 is 61.4 Å². The first-order chi connectivity index (χ1) is 13.3. The highest BCUT2D eigenvalue weighted by atomic mass is 32.2. The first-order valence-corrected chi connectivity index (χ1v) is 10.6. The van der Waals surface area contributed by atoms with Crippen molar-refractivity contribution in [1.29, 1.82) is 0 Å². The number of hydrogen-bond acceptors (Lipinski definition) is 8. The van der Waals surface area contributed by atoms with Crippen molar-refractivity contribution in [3.8, 4) is 0 Å². The van der Waals surface area contributed by atoms with Gasteiger partial charge >= 0.3 is 5.97 Å². The molecule has 12 heteroatoms. The molecule has 28 heavy (non-hydrogen) atoms. The van der Waals surface area contributed by atoms with Gasteiger partial charge in [0.1, 0.15) is 0 Å². The Balaban J connectivity index is 1.92. The molecule has 1 amide bonds. The van der Waals surface area contributed by atoms with Gasteiger partial charge < -0.3 is 10.1 Å². The molecule has 3 N–H and O–H groups in total. The van der Waals surface area contributed by atoms with E-state index in [9.17, 15) is 18.0 Å². The molecule has 0 unspecified atom stereocenters. The third kappa shape index (κ3) is 6.72. The Morgan fingerprint density at radius 1 is 1.25 bits per heavy atom. The number of thiocarbonyl (C=S) groups is 1. The standard InChI is InChI=1S/C16H16N4O5S3/c1-2-25-14(22)8-7-13(21)19-15(26)18-11-3-5-12(6-4-11)28(23,24)20-16-17-9-10-27-16/h3-10H,2H2,1H3,(H,17,20)(H2,18,19,21,26). The molecular formula is C16H16N4O5S3. The number of thiazole rings is 1. The maximum absolute atomic E-state index is 12.3. The molecule has 0 spiro atoms. The molecule has 0 bridgehead atoms. The van der Waals surface area contributed by atoms with Crippen LogP contribution < -0.4 is 15.4 Å². The number of hydrogen-bond donors (Lipinski definition) is 3. The van der Waals surface area contributed by atoms with Crippen molar-refractivity contribution in [2.24, 2.45) is 0 Å². The molecule has 2 rings (SSSR count). The molecule has 0 radical (unpaired) electrons. The van der Waals surface area contributed by atoms with Crippen molar-refractivity contribution in [2.45, 2.75) is 11.8 Å². The molecule has 0 saturated carbocycles. The van der Waals surface area contributed by atoms with Gasteiger partial charge in [0.2, 0.25) is 5.91 Å². The van der Waals surface area contributed by atoms with E-state index in [4.69, 9.17) is 12.2 Å². The number of ether oxygens (including phenoxy) is 1. The minimum absolute atomic E-state index is 0.0185. The lowest BCUT2D eigenvalue weighted by atomic mass is 10.3. The summed E-state index contributed by atoms with van der Waals surface area (Å²) in [5.41, 5.74) is 0.466. The van der Waals surface area contributed by atoms with Crippen LogP contribution >= 0.6 is 23.6 Å². The smallest absolute Gasteiger partial charge is 0.330 e. The lowest BCUT2D eigenvalue weighted by Gasteiger charge is -2.09. The highest BCUT2D eigenvalue weighted by Crippen LogP contribution is 2.19. The van der Waals surface area contributed by atoms with Crippen molar-refractivity contribution in [1.82, 2.24) is 10.3 Å². The molecule has 1 heterocycles. The number of amides is 1. The van der Waals surface area contributed by atoms with Crippen LogP contribution in [0.1, 0.15) is 6.92 Å². The predicted octanol–water partition coefficient (Wildman–Crippen LogP) is 1.88. The fourth-order valence-electron chi connectivity index (χ4n) is 1.82. The highest BCUT2D eigenvalue weighted by molar-refractivity contribution is 7.93. The van der Waals surface area contributed by atoms with Gasteiger partial charge in [-0.1, -0.05) is 0 Å². The average molecular weight is 441 g/mol. The zero-order valence-corrected chi connectivity index (χ0v) is 17.0. The quantitative estimate of drug-likeness (QED) is 0.338. The van der Waals surface area contributed by atoms with E-state index in [1.54, 1.807) is 12.3 Å². The number of aromatic nitrogens is 1. The molecule has 1 aromatic carbocycles. The molecule has 1 aromatic heterocycles. The Labute approximate surface area is 170 Å². The molecule has 0 fully saturated rings. The summed E-state index contributed by atoms with van der Waals surface area (Å²) in [6.07, 6.45) is 3.47. The second-order valence-electron chi connectivity index (χ2n) is 5.00. The first-order valence-electron chi connectivity index (χ1n) is 7.79. The van der Waals surface area contributed by atoms with E-state index in [0.29, 0.717) is 5.69 Å². The van der Waals surface area contributed by atoms with E-state index in [1.165, 1.54) is 30.5 Å². The van der Waals surface area contributed by atoms with Crippen LogP contribution in [0.25, 0.3) is 0 Å². The normalized spacial score (nSPS) is 11.0. The minimum atomic E-state index is -3.75. The fourth-order valence-corrected chi connectivity index (χ4v) is 3.82. The monoisotopic (exact) mass is 440 g/mol. The third-order valence-electron chi connectivity index (χ3n) is 2.97. The van der Waals surface area contributed by atoms with Gasteiger partial charge in [0.15, 0.2) is 10.2 Å². The number of anilines is 2. The topological polar surface area (TPSA) is 126 Å². The van der Waals surface area contributed by atoms with Crippen LogP contribution in [0.2, 0.25) is 0 Å². The summed E-state index contributed by atoms with van der Waals surface area (Å²) in [6.45, 7) is 1.85. The van der Waals surface area contributed by atoms with Gasteiger partial charge in [-0.15, -0.1) is 11.3 Å². The number of benzene rings is 1. The van der Waals surface area contributed by atoms with Crippen LogP contribution in [0.15, 0.2) is 52.9 Å². The summed E-state index contributed by atoms with van der Waals surface area (Å²) in [5, 5.41) is 6.99. The van der Waals surface area contributed by atoms with Crippen molar-refractivity contribution in [3.63, 3.8) is 0 Å². The summed E-state index contributed by atoms with van der Waals surface area (Å²) in [4.78, 5) is 26.7. The number of carbonyl (C=O) groups excluding carboxylic acids is 2. The highest BCUT2D eigenvalue weighted by Gasteiger charge is 2.15. The van der Waals surface area contributed by atoms with Crippen molar-refractivity contribution < 1.29 is 22.7 Å². The molecule has 0 saturated heterocycles. The Hall–Kier alpha value is -2.83. The van der Waals surface area contributed by atoms with Gasteiger partial charge in [-0.25, -0.2) is 18.2 Å². The van der Waals surface area contributed by atoms with Gasteiger partial charge in [0.05, 0.1) is 11.5 Å². The summed E-state index contributed by atoms with van der Waals surface area (Å²) in [6, 6.07) is 5.74. The Kier molecular flexibility index (Phi) is 7.61. The largest absolute Gasteiger partial charge is 0.463 e. The third-order valence-corrected chi connectivity index (χ3v) is 5.35. The van der Waals surface area contributed by atoms with Crippen LogP contribution in [0, 0.1) is 0 Å². The van der Waals surface area contributed by atoms with E-state index in [2.05, 4.69) is 25.1 Å². The number of nitrogens with zero attached hydrogens (tertiary/aromatic N) is 1. The van der Waals surface area contributed by atoms with Crippen LogP contribution in [-0.4, -0.2) is 37.0 Å². The number of rotatable bonds is 7. The maximum Gasteiger partial charge on any atom is 0.330 e. The van der Waals surface area contributed by atoms with Crippen LogP contribution in [0.3, 0.4) is 0 Å². The zero-order chi connectivity index (χ0) is 20.6. The molecule has 0 aliphatic rings. The molecular weight excluding hydrogens is 424 g/mol. The SMILES string of the molecule is CCOC(=O)C=CC(=O)NC(=S)Nc1ccc(S(=O)(=O)Nc2nccs2)cc1. The first kappa shape index (κ1) is 21.5. The summed E-state index contributed by atoms with van der Waals surface area (Å²) in [5.74, 6) is -1.25. The van der Waals surface area contributed by atoms with E-state index < -0.39 is 21.9 Å². The van der Waals surface area contributed by atoms with Gasteiger partial charge in [-0.3, -0.25) is 14.8 Å². The maximum atomic E-state index is 12.3. The second kappa shape index (κ2) is 9.92. The van der Waals surface area contributed by atoms with Gasteiger partial charge in [-0.05, 0) is 43.4 Å². The fraction of sp³-hybridized carbons (Fsp3) is 0.125. The summed E-state index contributed by atoms with van der Waals surface area (Å²) < 4.78 is 31.5.